The van der Waals surface area contributed by atoms with Crippen LogP contribution in [0.5, 0.6) is 0 Å². The van der Waals surface area contributed by atoms with Crippen molar-refractivity contribution in [3.63, 3.8) is 0 Å². The normalized spacial score (nSPS) is 10.7. The first-order chi connectivity index (χ1) is 6.66. The molecular weight excluding hydrogens is 187 g/mol. The fourth-order valence-corrected chi connectivity index (χ4v) is 1.00. The summed E-state index contributed by atoms with van der Waals surface area (Å²) in [5.74, 6) is -0.831. The van der Waals surface area contributed by atoms with Crippen LogP contribution in [0.3, 0.4) is 0 Å². The fourth-order valence-electron chi connectivity index (χ4n) is 1.00. The highest BCUT2D eigenvalue weighted by Crippen LogP contribution is 2.20. The predicted molar refractivity (Wildman–Crippen MR) is 51.1 cm³/mol. The molecule has 0 atom stereocenters. The van der Waals surface area contributed by atoms with Crippen molar-refractivity contribution in [1.29, 1.82) is 0 Å². The summed E-state index contributed by atoms with van der Waals surface area (Å²) in [6.45, 7) is 0.266. The van der Waals surface area contributed by atoms with Gasteiger partial charge in [0.15, 0.2) is 0 Å². The van der Waals surface area contributed by atoms with E-state index >= 15 is 0 Å². The zero-order chi connectivity index (χ0) is 10.6. The molecule has 0 amide bonds. The summed E-state index contributed by atoms with van der Waals surface area (Å²) in [4.78, 5) is 9.61. The Morgan fingerprint density at radius 1 is 1.57 bits per heavy atom. The van der Waals surface area contributed by atoms with Crippen LogP contribution in [0.25, 0.3) is 6.08 Å². The lowest BCUT2D eigenvalue weighted by molar-refractivity contribution is -0.387. The monoisotopic (exact) mass is 196 g/mol. The first-order valence-electron chi connectivity index (χ1n) is 3.96. The number of rotatable bonds is 3. The van der Waals surface area contributed by atoms with Gasteiger partial charge in [0, 0.05) is 18.2 Å². The molecule has 0 radical (unpaired) electrons. The van der Waals surface area contributed by atoms with E-state index in [4.69, 9.17) is 5.73 Å². The van der Waals surface area contributed by atoms with E-state index < -0.39 is 16.4 Å². The molecule has 14 heavy (non-hydrogen) atoms. The van der Waals surface area contributed by atoms with Gasteiger partial charge in [-0.3, -0.25) is 10.1 Å². The van der Waals surface area contributed by atoms with Gasteiger partial charge < -0.3 is 5.73 Å². The predicted octanol–water partition coefficient (Wildman–Crippen LogP) is 1.71. The van der Waals surface area contributed by atoms with E-state index in [0.717, 1.165) is 6.07 Å². The van der Waals surface area contributed by atoms with Gasteiger partial charge in [-0.1, -0.05) is 24.3 Å². The first-order valence-corrected chi connectivity index (χ1v) is 3.96. The molecule has 0 spiro atoms. The van der Waals surface area contributed by atoms with Gasteiger partial charge >= 0.3 is 5.69 Å². The lowest BCUT2D eigenvalue weighted by Gasteiger charge is -1.97. The second-order valence-corrected chi connectivity index (χ2v) is 2.58. The van der Waals surface area contributed by atoms with E-state index in [-0.39, 0.29) is 12.1 Å². The summed E-state index contributed by atoms with van der Waals surface area (Å²) in [5.41, 5.74) is 4.83. The van der Waals surface area contributed by atoms with Crippen LogP contribution in [0.1, 0.15) is 5.56 Å². The topological polar surface area (TPSA) is 69.2 Å². The van der Waals surface area contributed by atoms with Crippen LogP contribution in [-0.2, 0) is 0 Å². The van der Waals surface area contributed by atoms with Crippen molar-refractivity contribution >= 4 is 11.8 Å². The van der Waals surface area contributed by atoms with Crippen molar-refractivity contribution in [3.05, 3.63) is 45.8 Å². The molecule has 0 aromatic heterocycles. The van der Waals surface area contributed by atoms with E-state index in [2.05, 4.69) is 0 Å². The Hall–Kier alpha value is -1.75. The molecule has 1 aromatic carbocycles. The van der Waals surface area contributed by atoms with Gasteiger partial charge in [0.05, 0.1) is 4.92 Å². The van der Waals surface area contributed by atoms with Crippen molar-refractivity contribution in [2.24, 2.45) is 5.73 Å². The van der Waals surface area contributed by atoms with E-state index in [1.807, 2.05) is 0 Å². The summed E-state index contributed by atoms with van der Waals surface area (Å²) in [5, 5.41) is 10.4. The Morgan fingerprint density at radius 2 is 2.29 bits per heavy atom. The van der Waals surface area contributed by atoms with Gasteiger partial charge in [0.25, 0.3) is 0 Å². The number of halogens is 1. The molecule has 1 aromatic rings. The van der Waals surface area contributed by atoms with Gasteiger partial charge in [-0.25, -0.2) is 0 Å². The third-order valence-electron chi connectivity index (χ3n) is 1.64. The molecule has 74 valence electrons. The van der Waals surface area contributed by atoms with Crippen LogP contribution < -0.4 is 5.73 Å². The maximum Gasteiger partial charge on any atom is 0.305 e. The van der Waals surface area contributed by atoms with E-state index in [1.54, 1.807) is 0 Å². The highest BCUT2D eigenvalue weighted by Gasteiger charge is 2.15. The van der Waals surface area contributed by atoms with Crippen molar-refractivity contribution < 1.29 is 9.31 Å². The molecule has 0 bridgehead atoms. The Morgan fingerprint density at radius 3 is 2.86 bits per heavy atom. The summed E-state index contributed by atoms with van der Waals surface area (Å²) in [6.07, 6.45) is 2.95. The van der Waals surface area contributed by atoms with Crippen LogP contribution >= 0.6 is 0 Å². The van der Waals surface area contributed by atoms with Crippen LogP contribution in [0, 0.1) is 15.9 Å². The van der Waals surface area contributed by atoms with Gasteiger partial charge in [-0.05, 0) is 0 Å². The number of hydrogen-bond acceptors (Lipinski definition) is 3. The molecule has 5 heteroatoms. The average Bonchev–Trinajstić information content (AvgIpc) is 2.16. The molecule has 0 aliphatic carbocycles. The summed E-state index contributed by atoms with van der Waals surface area (Å²) in [7, 11) is 0. The number of nitrogens with zero attached hydrogens (tertiary/aromatic N) is 1. The van der Waals surface area contributed by atoms with Gasteiger partial charge in [-0.15, -0.1) is 0 Å². The van der Waals surface area contributed by atoms with Crippen LogP contribution in [0.2, 0.25) is 0 Å². The Kier molecular flexibility index (Phi) is 3.30. The maximum absolute atomic E-state index is 13.3. The number of nitrogens with two attached hydrogens (primary N) is 1. The second-order valence-electron chi connectivity index (χ2n) is 2.58. The Labute approximate surface area is 80.0 Å². The SMILES string of the molecule is NCC=Cc1cccc([N+](=O)[O-])c1F. The van der Waals surface area contributed by atoms with Crippen LogP contribution in [0.15, 0.2) is 24.3 Å². The molecule has 2 N–H and O–H groups in total. The number of nitro benzene ring substituents is 1. The zero-order valence-corrected chi connectivity index (χ0v) is 7.31. The Bertz CT molecular complexity index is 377. The highest BCUT2D eigenvalue weighted by molar-refractivity contribution is 5.54. The van der Waals surface area contributed by atoms with Crippen LogP contribution in [-0.4, -0.2) is 11.5 Å². The molecular formula is C9H9FN2O2. The minimum absolute atomic E-state index is 0.171. The minimum atomic E-state index is -0.831. The number of hydrogen-bond donors (Lipinski definition) is 1. The molecule has 0 fully saturated rings. The quantitative estimate of drug-likeness (QED) is 0.591. The van der Waals surface area contributed by atoms with Crippen molar-refractivity contribution in [2.75, 3.05) is 6.54 Å². The van der Waals surface area contributed by atoms with E-state index in [1.165, 1.54) is 24.3 Å². The summed E-state index contributed by atoms with van der Waals surface area (Å²) >= 11 is 0. The lowest BCUT2D eigenvalue weighted by Crippen LogP contribution is -1.95. The number of benzene rings is 1. The third-order valence-corrected chi connectivity index (χ3v) is 1.64. The van der Waals surface area contributed by atoms with Crippen LogP contribution in [0.4, 0.5) is 10.1 Å². The molecule has 0 unspecified atom stereocenters. The molecule has 0 heterocycles. The van der Waals surface area contributed by atoms with E-state index in [0.29, 0.717) is 0 Å². The van der Waals surface area contributed by atoms with Crippen molar-refractivity contribution in [1.82, 2.24) is 0 Å². The largest absolute Gasteiger partial charge is 0.327 e. The molecule has 0 saturated carbocycles. The Balaban J connectivity index is 3.14. The van der Waals surface area contributed by atoms with Gasteiger partial charge in [-0.2, -0.15) is 4.39 Å². The van der Waals surface area contributed by atoms with Crippen molar-refractivity contribution in [2.45, 2.75) is 0 Å². The average molecular weight is 196 g/mol. The standard InChI is InChI=1S/C9H9FN2O2/c10-9-7(4-2-6-11)3-1-5-8(9)12(13)14/h1-5H,6,11H2. The maximum atomic E-state index is 13.3. The first kappa shape index (κ1) is 10.3. The molecule has 4 nitrogen and oxygen atoms in total. The highest BCUT2D eigenvalue weighted by atomic mass is 19.1. The fraction of sp³-hybridized carbons (Fsp3) is 0.111. The van der Waals surface area contributed by atoms with E-state index in [9.17, 15) is 14.5 Å². The molecule has 0 aliphatic rings. The summed E-state index contributed by atoms with van der Waals surface area (Å²) in [6, 6.07) is 4.00. The van der Waals surface area contributed by atoms with Gasteiger partial charge in [0.2, 0.25) is 5.82 Å². The molecule has 0 aliphatic heterocycles. The number of nitro groups is 1. The molecule has 0 saturated heterocycles. The zero-order valence-electron chi connectivity index (χ0n) is 7.31. The second kappa shape index (κ2) is 4.48. The smallest absolute Gasteiger partial charge is 0.305 e. The van der Waals surface area contributed by atoms with Crippen molar-refractivity contribution in [3.8, 4) is 0 Å². The van der Waals surface area contributed by atoms with Gasteiger partial charge in [0.1, 0.15) is 0 Å². The minimum Gasteiger partial charge on any atom is -0.327 e. The third kappa shape index (κ3) is 2.14. The lowest BCUT2D eigenvalue weighted by atomic mass is 10.1. The summed E-state index contributed by atoms with van der Waals surface area (Å²) < 4.78 is 13.3. The molecule has 1 rings (SSSR count).